The van der Waals surface area contributed by atoms with Crippen LogP contribution in [0, 0.1) is 17.1 Å². The molecular weight excluding hydrogens is 343 g/mol. The molecule has 0 bridgehead atoms. The summed E-state index contributed by atoms with van der Waals surface area (Å²) in [6.07, 6.45) is 0. The quantitative estimate of drug-likeness (QED) is 0.816. The second-order valence-corrected chi connectivity index (χ2v) is 6.03. The van der Waals surface area contributed by atoms with Crippen molar-refractivity contribution in [3.8, 4) is 11.8 Å². The van der Waals surface area contributed by atoms with Crippen molar-refractivity contribution < 1.29 is 17.9 Å². The minimum atomic E-state index is -2.82. The number of hydrogen-bond acceptors (Lipinski definition) is 4. The van der Waals surface area contributed by atoms with Crippen molar-refractivity contribution in [3.05, 3.63) is 59.4 Å². The van der Waals surface area contributed by atoms with E-state index in [-0.39, 0.29) is 11.3 Å². The van der Waals surface area contributed by atoms with Gasteiger partial charge in [0.15, 0.2) is 0 Å². The Morgan fingerprint density at radius 1 is 1.04 bits per heavy atom. The third-order valence-corrected chi connectivity index (χ3v) is 4.37. The van der Waals surface area contributed by atoms with E-state index in [2.05, 4.69) is 9.64 Å². The number of hydrogen-bond donors (Lipinski definition) is 0. The molecule has 0 unspecified atom stereocenters. The van der Waals surface area contributed by atoms with Gasteiger partial charge in [-0.1, -0.05) is 18.2 Å². The van der Waals surface area contributed by atoms with Crippen LogP contribution in [0.4, 0.5) is 18.9 Å². The zero-order valence-electron chi connectivity index (χ0n) is 14.0. The van der Waals surface area contributed by atoms with Crippen molar-refractivity contribution in [1.29, 1.82) is 5.26 Å². The molecule has 2 aromatic rings. The number of anilines is 1. The van der Waals surface area contributed by atoms with Crippen LogP contribution >= 0.6 is 0 Å². The van der Waals surface area contributed by atoms with Crippen LogP contribution in [0.15, 0.2) is 42.5 Å². The fraction of sp³-hybridized carbons (Fsp3) is 0.316. The molecule has 1 aliphatic heterocycles. The Balaban J connectivity index is 1.58. The summed E-state index contributed by atoms with van der Waals surface area (Å²) in [5.74, 6) is -0.359. The smallest absolute Gasteiger partial charge is 0.387 e. The number of nitrogens with zero attached hydrogens (tertiary/aromatic N) is 3. The molecular formula is C19H18F3N3O. The van der Waals surface area contributed by atoms with Gasteiger partial charge in [0.05, 0.1) is 5.69 Å². The SMILES string of the molecule is N#Cc1c(F)cccc1N1CCN(Cc2ccc(OC(F)F)cc2)CC1. The highest BCUT2D eigenvalue weighted by atomic mass is 19.3. The third kappa shape index (κ3) is 4.27. The van der Waals surface area contributed by atoms with Crippen molar-refractivity contribution in [2.75, 3.05) is 31.1 Å². The lowest BCUT2D eigenvalue weighted by Crippen LogP contribution is -2.46. The fourth-order valence-corrected chi connectivity index (χ4v) is 3.07. The van der Waals surface area contributed by atoms with Crippen molar-refractivity contribution >= 4 is 5.69 Å². The zero-order valence-corrected chi connectivity index (χ0v) is 14.0. The standard InChI is InChI=1S/C19H18F3N3O/c20-17-2-1-3-18(16(17)12-23)25-10-8-24(9-11-25)13-14-4-6-15(7-5-14)26-19(21)22/h1-7,19H,8-11,13H2. The number of nitriles is 1. The first-order valence-corrected chi connectivity index (χ1v) is 8.26. The zero-order chi connectivity index (χ0) is 18.5. The maximum atomic E-state index is 13.8. The summed E-state index contributed by atoms with van der Waals surface area (Å²) in [5.41, 5.74) is 1.71. The van der Waals surface area contributed by atoms with E-state index in [0.29, 0.717) is 25.3 Å². The molecule has 1 aliphatic rings. The molecule has 0 N–H and O–H groups in total. The van der Waals surface area contributed by atoms with Gasteiger partial charge >= 0.3 is 6.61 Å². The second-order valence-electron chi connectivity index (χ2n) is 6.03. The highest BCUT2D eigenvalue weighted by Gasteiger charge is 2.20. The van der Waals surface area contributed by atoms with E-state index in [1.54, 1.807) is 24.3 Å². The highest BCUT2D eigenvalue weighted by molar-refractivity contribution is 5.60. The molecule has 0 saturated carbocycles. The van der Waals surface area contributed by atoms with Crippen LogP contribution in [-0.2, 0) is 6.54 Å². The number of piperazine rings is 1. The molecule has 2 aromatic carbocycles. The first-order chi connectivity index (χ1) is 12.6. The van der Waals surface area contributed by atoms with Crippen molar-refractivity contribution in [2.45, 2.75) is 13.2 Å². The van der Waals surface area contributed by atoms with Crippen molar-refractivity contribution in [3.63, 3.8) is 0 Å². The van der Waals surface area contributed by atoms with Crippen LogP contribution in [0.3, 0.4) is 0 Å². The Labute approximate surface area is 150 Å². The topological polar surface area (TPSA) is 39.5 Å². The molecule has 3 rings (SSSR count). The van der Waals surface area contributed by atoms with E-state index in [4.69, 9.17) is 5.26 Å². The Hall–Kier alpha value is -2.72. The lowest BCUT2D eigenvalue weighted by Gasteiger charge is -2.36. The molecule has 0 radical (unpaired) electrons. The highest BCUT2D eigenvalue weighted by Crippen LogP contribution is 2.24. The van der Waals surface area contributed by atoms with Gasteiger partial charge in [-0.15, -0.1) is 0 Å². The van der Waals surface area contributed by atoms with Gasteiger partial charge < -0.3 is 9.64 Å². The van der Waals surface area contributed by atoms with Crippen LogP contribution in [0.25, 0.3) is 0 Å². The fourth-order valence-electron chi connectivity index (χ4n) is 3.07. The van der Waals surface area contributed by atoms with Crippen molar-refractivity contribution in [1.82, 2.24) is 4.90 Å². The Bertz CT molecular complexity index is 782. The summed E-state index contributed by atoms with van der Waals surface area (Å²) in [5, 5.41) is 9.17. The van der Waals surface area contributed by atoms with Crippen molar-refractivity contribution in [2.24, 2.45) is 0 Å². The van der Waals surface area contributed by atoms with E-state index in [1.807, 2.05) is 11.0 Å². The number of halogens is 3. The predicted octanol–water partition coefficient (Wildman–Crippen LogP) is 3.62. The third-order valence-electron chi connectivity index (χ3n) is 4.37. The average molecular weight is 361 g/mol. The molecule has 26 heavy (non-hydrogen) atoms. The molecule has 136 valence electrons. The summed E-state index contributed by atoms with van der Waals surface area (Å²) in [7, 11) is 0. The lowest BCUT2D eigenvalue weighted by molar-refractivity contribution is -0.0498. The summed E-state index contributed by atoms with van der Waals surface area (Å²) >= 11 is 0. The number of ether oxygens (including phenoxy) is 1. The molecule has 0 spiro atoms. The molecule has 0 aliphatic carbocycles. The Morgan fingerprint density at radius 2 is 1.73 bits per heavy atom. The van der Waals surface area contributed by atoms with E-state index >= 15 is 0 Å². The molecule has 1 fully saturated rings. The van der Waals surface area contributed by atoms with E-state index in [1.165, 1.54) is 18.2 Å². The average Bonchev–Trinajstić information content (AvgIpc) is 2.63. The van der Waals surface area contributed by atoms with Crippen LogP contribution in [-0.4, -0.2) is 37.7 Å². The summed E-state index contributed by atoms with van der Waals surface area (Å²) in [6.45, 7) is 0.759. The van der Waals surface area contributed by atoms with Gasteiger partial charge in [0.2, 0.25) is 0 Å². The molecule has 7 heteroatoms. The molecule has 0 atom stereocenters. The first kappa shape index (κ1) is 18.1. The molecule has 0 aromatic heterocycles. The van der Waals surface area contributed by atoms with Crippen LogP contribution in [0.1, 0.15) is 11.1 Å². The minimum Gasteiger partial charge on any atom is -0.435 e. The van der Waals surface area contributed by atoms with E-state index in [0.717, 1.165) is 18.7 Å². The molecule has 1 heterocycles. The summed E-state index contributed by atoms with van der Waals surface area (Å²) < 4.78 is 42.4. The van der Waals surface area contributed by atoms with Gasteiger partial charge in [0.25, 0.3) is 0 Å². The predicted molar refractivity (Wildman–Crippen MR) is 91.7 cm³/mol. The van der Waals surface area contributed by atoms with Gasteiger partial charge in [0.1, 0.15) is 23.2 Å². The van der Waals surface area contributed by atoms with Gasteiger partial charge in [-0.25, -0.2) is 4.39 Å². The molecule has 4 nitrogen and oxygen atoms in total. The first-order valence-electron chi connectivity index (χ1n) is 8.26. The number of benzene rings is 2. The van der Waals surface area contributed by atoms with Gasteiger partial charge in [-0.2, -0.15) is 14.0 Å². The largest absolute Gasteiger partial charge is 0.435 e. The van der Waals surface area contributed by atoms with Crippen LogP contribution in [0.5, 0.6) is 5.75 Å². The van der Waals surface area contributed by atoms with Gasteiger partial charge in [-0.05, 0) is 29.8 Å². The number of alkyl halides is 2. The molecule has 0 amide bonds. The minimum absolute atomic E-state index is 0.0792. The summed E-state index contributed by atoms with van der Waals surface area (Å²) in [4.78, 5) is 4.24. The second kappa shape index (κ2) is 8.11. The summed E-state index contributed by atoms with van der Waals surface area (Å²) in [6, 6.07) is 13.2. The van der Waals surface area contributed by atoms with E-state index < -0.39 is 12.4 Å². The monoisotopic (exact) mass is 361 g/mol. The lowest BCUT2D eigenvalue weighted by atomic mass is 10.1. The maximum Gasteiger partial charge on any atom is 0.387 e. The van der Waals surface area contributed by atoms with Crippen LogP contribution < -0.4 is 9.64 Å². The number of rotatable bonds is 5. The van der Waals surface area contributed by atoms with Crippen LogP contribution in [0.2, 0.25) is 0 Å². The Kier molecular flexibility index (Phi) is 5.64. The maximum absolute atomic E-state index is 13.8. The van der Waals surface area contributed by atoms with Gasteiger partial charge in [-0.3, -0.25) is 4.90 Å². The Morgan fingerprint density at radius 3 is 2.35 bits per heavy atom. The van der Waals surface area contributed by atoms with Gasteiger partial charge in [0, 0.05) is 32.7 Å². The molecule has 1 saturated heterocycles. The normalized spacial score (nSPS) is 15.1. The van der Waals surface area contributed by atoms with E-state index in [9.17, 15) is 13.2 Å².